The van der Waals surface area contributed by atoms with Gasteiger partial charge in [0.1, 0.15) is 5.75 Å². The van der Waals surface area contributed by atoms with Crippen LogP contribution in [0.15, 0.2) is 18.2 Å². The second kappa shape index (κ2) is 8.73. The van der Waals surface area contributed by atoms with E-state index < -0.39 is 5.41 Å². The number of nitrogens with two attached hydrogens (primary N) is 1. The zero-order chi connectivity index (χ0) is 16.2. The van der Waals surface area contributed by atoms with E-state index in [1.165, 1.54) is 0 Å². The van der Waals surface area contributed by atoms with Crippen molar-refractivity contribution in [3.63, 3.8) is 0 Å². The molecule has 2 rings (SSSR count). The lowest BCUT2D eigenvalue weighted by atomic mass is 9.79. The molecule has 1 amide bonds. The van der Waals surface area contributed by atoms with Crippen molar-refractivity contribution in [2.75, 3.05) is 33.9 Å². The number of halogens is 2. The Bertz CT molecular complexity index is 534. The normalized spacial score (nSPS) is 16.3. The number of carbonyl (C=O) groups excluding carboxylic acids is 1. The molecule has 23 heavy (non-hydrogen) atoms. The van der Waals surface area contributed by atoms with Crippen LogP contribution in [0, 0.1) is 5.41 Å². The molecule has 7 heteroatoms. The summed E-state index contributed by atoms with van der Waals surface area (Å²) >= 11 is 6.04. The lowest BCUT2D eigenvalue weighted by Gasteiger charge is -2.37. The number of rotatable bonds is 5. The first-order chi connectivity index (χ1) is 10.5. The molecule has 130 valence electrons. The van der Waals surface area contributed by atoms with Crippen LogP contribution in [-0.4, -0.2) is 44.7 Å². The molecule has 0 aliphatic carbocycles. The lowest BCUT2D eigenvalue weighted by Crippen LogP contribution is -2.49. The number of amides is 1. The van der Waals surface area contributed by atoms with Gasteiger partial charge >= 0.3 is 0 Å². The van der Waals surface area contributed by atoms with Gasteiger partial charge in [0.2, 0.25) is 5.91 Å². The van der Waals surface area contributed by atoms with Crippen LogP contribution in [-0.2, 0) is 16.1 Å². The van der Waals surface area contributed by atoms with Gasteiger partial charge in [0.15, 0.2) is 0 Å². The molecule has 5 nitrogen and oxygen atoms in total. The maximum absolute atomic E-state index is 12.9. The van der Waals surface area contributed by atoms with Gasteiger partial charge in [0, 0.05) is 43.9 Å². The molecule has 0 bridgehead atoms. The fourth-order valence-corrected chi connectivity index (χ4v) is 3.07. The summed E-state index contributed by atoms with van der Waals surface area (Å²) in [5.74, 6) is 0.776. The van der Waals surface area contributed by atoms with Crippen LogP contribution in [0.25, 0.3) is 0 Å². The van der Waals surface area contributed by atoms with Crippen LogP contribution in [0.4, 0.5) is 0 Å². The molecule has 1 heterocycles. The van der Waals surface area contributed by atoms with Crippen molar-refractivity contribution in [1.82, 2.24) is 4.90 Å². The minimum atomic E-state index is -0.515. The van der Waals surface area contributed by atoms with E-state index >= 15 is 0 Å². The Morgan fingerprint density at radius 3 is 2.65 bits per heavy atom. The van der Waals surface area contributed by atoms with E-state index in [4.69, 9.17) is 26.8 Å². The van der Waals surface area contributed by atoms with Crippen molar-refractivity contribution in [3.8, 4) is 5.75 Å². The number of hydrogen-bond acceptors (Lipinski definition) is 4. The average Bonchev–Trinajstić information content (AvgIpc) is 2.55. The fourth-order valence-electron chi connectivity index (χ4n) is 2.87. The molecular formula is C16H24Cl2N2O3. The van der Waals surface area contributed by atoms with Gasteiger partial charge in [-0.1, -0.05) is 11.6 Å². The highest BCUT2D eigenvalue weighted by Crippen LogP contribution is 2.32. The summed E-state index contributed by atoms with van der Waals surface area (Å²) in [6, 6.07) is 5.40. The second-order valence-electron chi connectivity index (χ2n) is 5.71. The van der Waals surface area contributed by atoms with Crippen LogP contribution >= 0.6 is 24.0 Å². The molecule has 2 N–H and O–H groups in total. The minimum Gasteiger partial charge on any atom is -0.496 e. The standard InChI is InChI=1S/C16H23ClN2O3.ClH/c1-19(10-12-9-13(17)3-4-14(12)21-2)15(20)16(11-18)5-7-22-8-6-16;/h3-4,9H,5-8,10-11,18H2,1-2H3;1H. The summed E-state index contributed by atoms with van der Waals surface area (Å²) in [7, 11) is 3.39. The molecule has 0 aromatic heterocycles. The van der Waals surface area contributed by atoms with Gasteiger partial charge in [-0.05, 0) is 31.0 Å². The van der Waals surface area contributed by atoms with Crippen molar-refractivity contribution >= 4 is 29.9 Å². The Kier molecular flexibility index (Phi) is 7.61. The van der Waals surface area contributed by atoms with Crippen molar-refractivity contribution in [3.05, 3.63) is 28.8 Å². The first-order valence-electron chi connectivity index (χ1n) is 7.38. The molecule has 1 saturated heterocycles. The third-order valence-corrected chi connectivity index (χ3v) is 4.53. The molecule has 1 fully saturated rings. The van der Waals surface area contributed by atoms with Gasteiger partial charge in [-0.2, -0.15) is 0 Å². The zero-order valence-electron chi connectivity index (χ0n) is 13.5. The number of nitrogens with zero attached hydrogens (tertiary/aromatic N) is 1. The molecule has 0 radical (unpaired) electrons. The van der Waals surface area contributed by atoms with Gasteiger partial charge in [-0.3, -0.25) is 4.79 Å². The smallest absolute Gasteiger partial charge is 0.230 e. The molecular weight excluding hydrogens is 339 g/mol. The summed E-state index contributed by atoms with van der Waals surface area (Å²) in [5.41, 5.74) is 6.27. The maximum Gasteiger partial charge on any atom is 0.230 e. The molecule has 1 aromatic carbocycles. The van der Waals surface area contributed by atoms with Crippen LogP contribution in [0.5, 0.6) is 5.75 Å². The SMILES string of the molecule is COc1ccc(Cl)cc1CN(C)C(=O)C1(CN)CCOCC1.Cl. The maximum atomic E-state index is 12.9. The largest absolute Gasteiger partial charge is 0.496 e. The van der Waals surface area contributed by atoms with Crippen LogP contribution in [0.2, 0.25) is 5.02 Å². The number of ether oxygens (including phenoxy) is 2. The Morgan fingerprint density at radius 2 is 2.09 bits per heavy atom. The van der Waals surface area contributed by atoms with E-state index in [0.717, 1.165) is 11.3 Å². The van der Waals surface area contributed by atoms with E-state index in [1.54, 1.807) is 25.1 Å². The zero-order valence-corrected chi connectivity index (χ0v) is 15.1. The van der Waals surface area contributed by atoms with Crippen molar-refractivity contribution in [2.24, 2.45) is 11.1 Å². The predicted molar refractivity (Wildman–Crippen MR) is 93.3 cm³/mol. The summed E-state index contributed by atoms with van der Waals surface area (Å²) in [4.78, 5) is 14.6. The molecule has 0 unspecified atom stereocenters. The number of benzene rings is 1. The van der Waals surface area contributed by atoms with Crippen molar-refractivity contribution in [2.45, 2.75) is 19.4 Å². The fraction of sp³-hybridized carbons (Fsp3) is 0.562. The number of hydrogen-bond donors (Lipinski definition) is 1. The Labute approximate surface area is 148 Å². The predicted octanol–water partition coefficient (Wildman–Crippen LogP) is 2.48. The molecule has 0 spiro atoms. The first-order valence-corrected chi connectivity index (χ1v) is 7.76. The van der Waals surface area contributed by atoms with Gasteiger partial charge in [-0.25, -0.2) is 0 Å². The quantitative estimate of drug-likeness (QED) is 0.873. The van der Waals surface area contributed by atoms with Gasteiger partial charge in [-0.15, -0.1) is 12.4 Å². The summed E-state index contributed by atoms with van der Waals surface area (Å²) in [6.45, 7) is 1.94. The van der Waals surface area contributed by atoms with Gasteiger partial charge < -0.3 is 20.1 Å². The Morgan fingerprint density at radius 1 is 1.43 bits per heavy atom. The van der Waals surface area contributed by atoms with Crippen LogP contribution in [0.1, 0.15) is 18.4 Å². The molecule has 0 atom stereocenters. The van der Waals surface area contributed by atoms with E-state index in [0.29, 0.717) is 44.2 Å². The van der Waals surface area contributed by atoms with Crippen molar-refractivity contribution < 1.29 is 14.3 Å². The molecule has 1 aliphatic heterocycles. The topological polar surface area (TPSA) is 64.8 Å². The van der Waals surface area contributed by atoms with E-state index in [1.807, 2.05) is 12.1 Å². The van der Waals surface area contributed by atoms with E-state index in [-0.39, 0.29) is 18.3 Å². The average molecular weight is 363 g/mol. The highest BCUT2D eigenvalue weighted by Gasteiger charge is 2.40. The second-order valence-corrected chi connectivity index (χ2v) is 6.15. The summed E-state index contributed by atoms with van der Waals surface area (Å²) < 4.78 is 10.7. The van der Waals surface area contributed by atoms with Gasteiger partial charge in [0.25, 0.3) is 0 Å². The van der Waals surface area contributed by atoms with Crippen LogP contribution < -0.4 is 10.5 Å². The van der Waals surface area contributed by atoms with Gasteiger partial charge in [0.05, 0.1) is 12.5 Å². The number of carbonyl (C=O) groups is 1. The molecule has 1 aromatic rings. The highest BCUT2D eigenvalue weighted by molar-refractivity contribution is 6.30. The van der Waals surface area contributed by atoms with Crippen molar-refractivity contribution in [1.29, 1.82) is 0 Å². The van der Waals surface area contributed by atoms with Crippen LogP contribution in [0.3, 0.4) is 0 Å². The molecule has 0 saturated carbocycles. The minimum absolute atomic E-state index is 0. The highest BCUT2D eigenvalue weighted by atomic mass is 35.5. The van der Waals surface area contributed by atoms with E-state index in [2.05, 4.69) is 0 Å². The monoisotopic (exact) mass is 362 g/mol. The van der Waals surface area contributed by atoms with E-state index in [9.17, 15) is 4.79 Å². The third-order valence-electron chi connectivity index (χ3n) is 4.29. The summed E-state index contributed by atoms with van der Waals surface area (Å²) in [6.07, 6.45) is 1.33. The molecule has 1 aliphatic rings. The first kappa shape index (κ1) is 20.0. The third kappa shape index (κ3) is 4.51. The Balaban J connectivity index is 0.00000264. The Hall–Kier alpha value is -1.01. The number of methoxy groups -OCH3 is 1. The lowest BCUT2D eigenvalue weighted by molar-refractivity contribution is -0.146. The summed E-state index contributed by atoms with van der Waals surface area (Å²) in [5, 5.41) is 0.622.